The topological polar surface area (TPSA) is 102 Å². The highest BCUT2D eigenvalue weighted by Crippen LogP contribution is 2.15. The number of nitrogens with one attached hydrogen (secondary N) is 1. The number of carbonyl (C=O) groups is 1. The fraction of sp³-hybridized carbons (Fsp3) is 0.211. The van der Waals surface area contributed by atoms with Crippen molar-refractivity contribution in [1.82, 2.24) is 15.5 Å². The molecule has 0 bridgehead atoms. The number of benzene rings is 2. The van der Waals surface area contributed by atoms with Crippen molar-refractivity contribution in [2.75, 3.05) is 0 Å². The van der Waals surface area contributed by atoms with Crippen LogP contribution in [0.2, 0.25) is 0 Å². The first-order valence-corrected chi connectivity index (χ1v) is 10.1. The maximum atomic E-state index is 12.3. The molecule has 3 aromatic rings. The number of hydrogen-bond acceptors (Lipinski definition) is 6. The van der Waals surface area contributed by atoms with Gasteiger partial charge in [0.25, 0.3) is 0 Å². The SMILES string of the molecule is O=C(CCc1ccccc1)NCc1nnc(S(=O)(=O)Cc2ccccc2)o1. The molecule has 0 aliphatic carbocycles. The molecule has 1 amide bonds. The second kappa shape index (κ2) is 8.59. The molecule has 0 saturated heterocycles. The van der Waals surface area contributed by atoms with Gasteiger partial charge >= 0.3 is 5.22 Å². The van der Waals surface area contributed by atoms with Gasteiger partial charge in [-0.15, -0.1) is 5.10 Å². The Morgan fingerprint density at radius 2 is 1.56 bits per heavy atom. The van der Waals surface area contributed by atoms with Crippen LogP contribution in [0, 0.1) is 0 Å². The summed E-state index contributed by atoms with van der Waals surface area (Å²) in [5, 5.41) is 9.51. The van der Waals surface area contributed by atoms with Crippen LogP contribution < -0.4 is 5.32 Å². The molecule has 1 heterocycles. The van der Waals surface area contributed by atoms with E-state index in [9.17, 15) is 13.2 Å². The standard InChI is InChI=1S/C19H19N3O4S/c23-17(12-11-15-7-3-1-4-8-15)20-13-18-21-22-19(26-18)27(24,25)14-16-9-5-2-6-10-16/h1-10H,11-14H2,(H,20,23). The molecule has 0 saturated carbocycles. The molecule has 140 valence electrons. The van der Waals surface area contributed by atoms with E-state index in [1.54, 1.807) is 30.3 Å². The number of carbonyl (C=O) groups excluding carboxylic acids is 1. The first-order valence-electron chi connectivity index (χ1n) is 8.42. The largest absolute Gasteiger partial charge is 0.411 e. The average molecular weight is 385 g/mol. The lowest BCUT2D eigenvalue weighted by Gasteiger charge is -2.03. The third-order valence-electron chi connectivity index (χ3n) is 3.83. The van der Waals surface area contributed by atoms with Crippen molar-refractivity contribution in [1.29, 1.82) is 0 Å². The third-order valence-corrected chi connectivity index (χ3v) is 5.24. The van der Waals surface area contributed by atoms with E-state index in [2.05, 4.69) is 15.5 Å². The normalized spacial score (nSPS) is 11.3. The quantitative estimate of drug-likeness (QED) is 0.638. The van der Waals surface area contributed by atoms with Gasteiger partial charge in [-0.1, -0.05) is 65.8 Å². The molecule has 7 nitrogen and oxygen atoms in total. The maximum absolute atomic E-state index is 12.3. The van der Waals surface area contributed by atoms with Crippen molar-refractivity contribution >= 4 is 15.7 Å². The van der Waals surface area contributed by atoms with Crippen molar-refractivity contribution < 1.29 is 17.6 Å². The zero-order valence-electron chi connectivity index (χ0n) is 14.5. The van der Waals surface area contributed by atoms with Gasteiger partial charge < -0.3 is 9.73 Å². The molecule has 0 atom stereocenters. The molecule has 27 heavy (non-hydrogen) atoms. The highest BCUT2D eigenvalue weighted by atomic mass is 32.2. The van der Waals surface area contributed by atoms with Crippen molar-refractivity contribution in [3.05, 3.63) is 77.7 Å². The van der Waals surface area contributed by atoms with Gasteiger partial charge in [0.2, 0.25) is 21.6 Å². The van der Waals surface area contributed by atoms with Crippen LogP contribution in [-0.2, 0) is 33.4 Å². The summed E-state index contributed by atoms with van der Waals surface area (Å²) in [5.41, 5.74) is 1.70. The van der Waals surface area contributed by atoms with Crippen LogP contribution in [0.15, 0.2) is 70.3 Å². The summed E-state index contributed by atoms with van der Waals surface area (Å²) < 4.78 is 29.9. The van der Waals surface area contributed by atoms with E-state index in [1.165, 1.54) is 0 Å². The number of sulfone groups is 1. The summed E-state index contributed by atoms with van der Waals surface area (Å²) in [6.45, 7) is -0.0124. The van der Waals surface area contributed by atoms with Crippen LogP contribution in [0.4, 0.5) is 0 Å². The van der Waals surface area contributed by atoms with Gasteiger partial charge in [-0.2, -0.15) is 0 Å². The van der Waals surface area contributed by atoms with Gasteiger partial charge in [0.05, 0.1) is 12.3 Å². The van der Waals surface area contributed by atoms with E-state index in [1.807, 2.05) is 30.3 Å². The average Bonchev–Trinajstić information content (AvgIpc) is 3.16. The van der Waals surface area contributed by atoms with Crippen molar-refractivity contribution in [2.24, 2.45) is 0 Å². The Labute approximate surface area is 157 Å². The van der Waals surface area contributed by atoms with E-state index in [0.717, 1.165) is 5.56 Å². The van der Waals surface area contributed by atoms with Crippen LogP contribution in [0.3, 0.4) is 0 Å². The summed E-state index contributed by atoms with van der Waals surface area (Å²) in [4.78, 5) is 11.9. The minimum absolute atomic E-state index is 0.0124. The lowest BCUT2D eigenvalue weighted by Crippen LogP contribution is -2.23. The fourth-order valence-corrected chi connectivity index (χ4v) is 3.60. The third kappa shape index (κ3) is 5.49. The molecule has 0 spiro atoms. The van der Waals surface area contributed by atoms with Crippen LogP contribution in [0.5, 0.6) is 0 Å². The summed E-state index contributed by atoms with van der Waals surface area (Å²) in [6.07, 6.45) is 0.935. The van der Waals surface area contributed by atoms with Gasteiger partial charge in [-0.3, -0.25) is 4.79 Å². The van der Waals surface area contributed by atoms with E-state index in [0.29, 0.717) is 18.4 Å². The molecular weight excluding hydrogens is 366 g/mol. The summed E-state index contributed by atoms with van der Waals surface area (Å²) >= 11 is 0. The molecule has 0 unspecified atom stereocenters. The lowest BCUT2D eigenvalue weighted by atomic mass is 10.1. The Bertz CT molecular complexity index is 986. The van der Waals surface area contributed by atoms with Crippen LogP contribution in [-0.4, -0.2) is 24.5 Å². The molecular formula is C19H19N3O4S. The Balaban J connectivity index is 1.52. The Hall–Kier alpha value is -3.00. The van der Waals surface area contributed by atoms with Crippen molar-refractivity contribution in [2.45, 2.75) is 30.4 Å². The Morgan fingerprint density at radius 3 is 2.22 bits per heavy atom. The molecule has 1 aromatic heterocycles. The first-order chi connectivity index (χ1) is 13.0. The number of hydrogen-bond donors (Lipinski definition) is 1. The van der Waals surface area contributed by atoms with E-state index < -0.39 is 15.1 Å². The van der Waals surface area contributed by atoms with Crippen molar-refractivity contribution in [3.8, 4) is 0 Å². The predicted molar refractivity (Wildman–Crippen MR) is 98.2 cm³/mol. The minimum atomic E-state index is -3.73. The first kappa shape index (κ1) is 18.8. The monoisotopic (exact) mass is 385 g/mol. The highest BCUT2D eigenvalue weighted by molar-refractivity contribution is 7.90. The fourth-order valence-electron chi connectivity index (χ4n) is 2.46. The molecule has 3 rings (SSSR count). The van der Waals surface area contributed by atoms with Crippen LogP contribution >= 0.6 is 0 Å². The van der Waals surface area contributed by atoms with E-state index >= 15 is 0 Å². The number of amides is 1. The van der Waals surface area contributed by atoms with Gasteiger partial charge in [-0.25, -0.2) is 8.42 Å². The smallest absolute Gasteiger partial charge is 0.335 e. The Morgan fingerprint density at radius 1 is 0.926 bits per heavy atom. The number of aryl methyl sites for hydroxylation is 1. The maximum Gasteiger partial charge on any atom is 0.335 e. The lowest BCUT2D eigenvalue weighted by molar-refractivity contribution is -0.121. The second-order valence-electron chi connectivity index (χ2n) is 5.97. The molecule has 1 N–H and O–H groups in total. The van der Waals surface area contributed by atoms with Gasteiger partial charge in [0.15, 0.2) is 0 Å². The van der Waals surface area contributed by atoms with E-state index in [4.69, 9.17) is 4.42 Å². The van der Waals surface area contributed by atoms with E-state index in [-0.39, 0.29) is 24.1 Å². The summed E-state index contributed by atoms with van der Waals surface area (Å²) in [7, 11) is -3.73. The molecule has 2 aromatic carbocycles. The zero-order valence-corrected chi connectivity index (χ0v) is 15.4. The summed E-state index contributed by atoms with van der Waals surface area (Å²) in [5.74, 6) is -0.348. The molecule has 0 aliphatic heterocycles. The molecule has 0 fully saturated rings. The van der Waals surface area contributed by atoms with Gasteiger partial charge in [0, 0.05) is 6.42 Å². The molecule has 0 radical (unpaired) electrons. The second-order valence-corrected chi connectivity index (χ2v) is 7.84. The number of rotatable bonds is 8. The number of aromatic nitrogens is 2. The van der Waals surface area contributed by atoms with Gasteiger partial charge in [0.1, 0.15) is 0 Å². The predicted octanol–water partition coefficient (Wildman–Crippen LogP) is 2.29. The summed E-state index contributed by atoms with van der Waals surface area (Å²) in [6, 6.07) is 18.4. The Kier molecular flexibility index (Phi) is 5.97. The highest BCUT2D eigenvalue weighted by Gasteiger charge is 2.23. The molecule has 8 heteroatoms. The van der Waals surface area contributed by atoms with Gasteiger partial charge in [-0.05, 0) is 17.5 Å². The van der Waals surface area contributed by atoms with Crippen molar-refractivity contribution in [3.63, 3.8) is 0 Å². The van der Waals surface area contributed by atoms with Crippen LogP contribution in [0.1, 0.15) is 23.4 Å². The molecule has 0 aliphatic rings. The minimum Gasteiger partial charge on any atom is -0.411 e. The van der Waals surface area contributed by atoms with Crippen LogP contribution in [0.25, 0.3) is 0 Å². The zero-order chi connectivity index (χ0) is 19.1. The number of nitrogens with zero attached hydrogens (tertiary/aromatic N) is 2.